The van der Waals surface area contributed by atoms with Gasteiger partial charge >= 0.3 is 5.97 Å². The number of nitrogens with zero attached hydrogens (tertiary/aromatic N) is 5. The number of ketones is 1. The molecule has 8 nitrogen and oxygen atoms in total. The molecule has 46 heavy (non-hydrogen) atoms. The largest absolute Gasteiger partial charge is 0.466 e. The predicted molar refractivity (Wildman–Crippen MR) is 179 cm³/mol. The van der Waals surface area contributed by atoms with Gasteiger partial charge < -0.3 is 19.4 Å². The molecule has 2 heterocycles. The Balaban J connectivity index is 1.71. The highest BCUT2D eigenvalue weighted by atomic mass is 35.5. The van der Waals surface area contributed by atoms with E-state index in [0.717, 1.165) is 49.8 Å². The number of benzene rings is 2. The molecule has 2 fully saturated rings. The fourth-order valence-corrected chi connectivity index (χ4v) is 6.53. The highest BCUT2D eigenvalue weighted by molar-refractivity contribution is 6.37. The van der Waals surface area contributed by atoms with Crippen LogP contribution in [0.5, 0.6) is 0 Å². The SMILES string of the molecule is CCOC(=O)CC(=O)c1cc(F)c(N2CCN(c3ccccc3C#N)CC2)c(Cl)c1N(C)/C(=C/C=C(\C)CN1CCCC1)C(C)F. The molecular formula is C35H42ClF2N5O3. The lowest BCUT2D eigenvalue weighted by Gasteiger charge is -2.39. The summed E-state index contributed by atoms with van der Waals surface area (Å²) in [6.07, 6.45) is 3.78. The van der Waals surface area contributed by atoms with Crippen molar-refractivity contribution in [2.75, 3.05) is 74.2 Å². The maximum absolute atomic E-state index is 16.0. The molecule has 0 aliphatic carbocycles. The maximum Gasteiger partial charge on any atom is 0.313 e. The van der Waals surface area contributed by atoms with Gasteiger partial charge in [-0.15, -0.1) is 0 Å². The first kappa shape index (κ1) is 34.9. The molecular weight excluding hydrogens is 612 g/mol. The molecule has 0 radical (unpaired) electrons. The van der Waals surface area contributed by atoms with E-state index < -0.39 is 30.2 Å². The first-order chi connectivity index (χ1) is 22.0. The third-order valence-corrected chi connectivity index (χ3v) is 8.74. The number of hydrogen-bond donors (Lipinski definition) is 0. The number of esters is 1. The van der Waals surface area contributed by atoms with E-state index in [1.807, 2.05) is 31.2 Å². The van der Waals surface area contributed by atoms with Crippen LogP contribution in [-0.2, 0) is 9.53 Å². The highest BCUT2D eigenvalue weighted by Gasteiger charge is 2.31. The standard InChI is InChI=1S/C35H42ClF2N5O3/c1-5-46-32(45)21-31(44)27-20-28(38)35(43-18-16-42(17-19-43)30-11-7-6-10-26(30)22-39)33(36)34(27)40(4)29(25(3)37)13-12-24(2)23-41-14-8-9-15-41/h6-7,10-13,20,25H,5,8-9,14-19,21,23H2,1-4H3/b24-12+,29-13+. The van der Waals surface area contributed by atoms with E-state index in [0.29, 0.717) is 31.7 Å². The van der Waals surface area contributed by atoms with Crippen molar-refractivity contribution in [3.8, 4) is 6.07 Å². The van der Waals surface area contributed by atoms with Gasteiger partial charge in [0.25, 0.3) is 0 Å². The summed E-state index contributed by atoms with van der Waals surface area (Å²) in [6, 6.07) is 10.6. The molecule has 4 rings (SSSR count). The molecule has 11 heteroatoms. The van der Waals surface area contributed by atoms with Crippen LogP contribution in [0.2, 0.25) is 5.02 Å². The number of para-hydroxylation sites is 1. The minimum absolute atomic E-state index is 0.0510. The van der Waals surface area contributed by atoms with E-state index in [1.54, 1.807) is 31.0 Å². The van der Waals surface area contributed by atoms with Crippen molar-refractivity contribution in [2.45, 2.75) is 46.2 Å². The molecule has 2 aliphatic rings. The predicted octanol–water partition coefficient (Wildman–Crippen LogP) is 6.53. The molecule has 0 spiro atoms. The van der Waals surface area contributed by atoms with Gasteiger partial charge in [-0.2, -0.15) is 5.26 Å². The molecule has 0 bridgehead atoms. The molecule has 0 N–H and O–H groups in total. The Hall–Kier alpha value is -3.94. The molecule has 2 saturated heterocycles. The van der Waals surface area contributed by atoms with E-state index in [-0.39, 0.29) is 34.3 Å². The Kier molecular flexibility index (Phi) is 12.2. The van der Waals surface area contributed by atoms with Crippen molar-refractivity contribution >= 4 is 40.4 Å². The van der Waals surface area contributed by atoms with E-state index in [1.165, 1.54) is 11.8 Å². The molecule has 1 atom stereocenters. The number of ether oxygens (including phenoxy) is 1. The fraction of sp³-hybridized carbons (Fsp3) is 0.457. The topological polar surface area (TPSA) is 80.1 Å². The maximum atomic E-state index is 16.0. The smallest absolute Gasteiger partial charge is 0.313 e. The number of likely N-dealkylation sites (tertiary alicyclic amines) is 1. The quantitative estimate of drug-likeness (QED) is 0.111. The van der Waals surface area contributed by atoms with Crippen LogP contribution < -0.4 is 14.7 Å². The van der Waals surface area contributed by atoms with E-state index in [4.69, 9.17) is 16.3 Å². The summed E-state index contributed by atoms with van der Waals surface area (Å²) in [6.45, 7) is 9.69. The second-order valence-corrected chi connectivity index (χ2v) is 12.1. The number of rotatable bonds is 12. The van der Waals surface area contributed by atoms with Crippen LogP contribution in [0.15, 0.2) is 53.8 Å². The average molecular weight is 654 g/mol. The molecule has 246 valence electrons. The van der Waals surface area contributed by atoms with Gasteiger partial charge in [0.05, 0.1) is 40.0 Å². The lowest BCUT2D eigenvalue weighted by molar-refractivity contribution is -0.141. The number of nitriles is 1. The minimum Gasteiger partial charge on any atom is -0.466 e. The van der Waals surface area contributed by atoms with Crippen LogP contribution in [0.3, 0.4) is 0 Å². The van der Waals surface area contributed by atoms with Crippen molar-refractivity contribution < 1.29 is 23.1 Å². The number of alkyl halides is 1. The molecule has 0 amide bonds. The Morgan fingerprint density at radius 1 is 1.11 bits per heavy atom. The van der Waals surface area contributed by atoms with Crippen LogP contribution in [0, 0.1) is 17.1 Å². The zero-order valence-corrected chi connectivity index (χ0v) is 27.7. The normalized spacial score (nSPS) is 16.7. The van der Waals surface area contributed by atoms with Crippen LogP contribution in [0.4, 0.5) is 25.8 Å². The number of halogens is 3. The van der Waals surface area contributed by atoms with Crippen LogP contribution >= 0.6 is 11.6 Å². The van der Waals surface area contributed by atoms with Gasteiger partial charge in [-0.1, -0.05) is 35.4 Å². The van der Waals surface area contributed by atoms with Gasteiger partial charge in [-0.3, -0.25) is 14.5 Å². The van der Waals surface area contributed by atoms with Crippen LogP contribution in [-0.4, -0.2) is 82.3 Å². The molecule has 0 aromatic heterocycles. The lowest BCUT2D eigenvalue weighted by atomic mass is 10.0. The van der Waals surface area contributed by atoms with Gasteiger partial charge in [-0.05, 0) is 71.0 Å². The van der Waals surface area contributed by atoms with E-state index >= 15 is 8.78 Å². The molecule has 2 aromatic carbocycles. The lowest BCUT2D eigenvalue weighted by Crippen LogP contribution is -2.47. The Labute approximate surface area is 275 Å². The van der Waals surface area contributed by atoms with Gasteiger partial charge in [0, 0.05) is 45.3 Å². The molecule has 0 saturated carbocycles. The van der Waals surface area contributed by atoms with Gasteiger partial charge in [-0.25, -0.2) is 8.78 Å². The first-order valence-electron chi connectivity index (χ1n) is 15.7. The number of piperazine rings is 1. The zero-order chi connectivity index (χ0) is 33.4. The van der Waals surface area contributed by atoms with Crippen molar-refractivity contribution in [1.29, 1.82) is 5.26 Å². The number of anilines is 3. The van der Waals surface area contributed by atoms with Crippen molar-refractivity contribution in [3.63, 3.8) is 0 Å². The summed E-state index contributed by atoms with van der Waals surface area (Å²) < 4.78 is 36.2. The van der Waals surface area contributed by atoms with E-state index in [9.17, 15) is 14.9 Å². The fourth-order valence-electron chi connectivity index (χ4n) is 6.10. The first-order valence-corrected chi connectivity index (χ1v) is 16.1. The second-order valence-electron chi connectivity index (χ2n) is 11.7. The molecule has 2 aliphatic heterocycles. The van der Waals surface area contributed by atoms with Crippen molar-refractivity contribution in [1.82, 2.24) is 4.90 Å². The van der Waals surface area contributed by atoms with Crippen LogP contribution in [0.25, 0.3) is 0 Å². The monoisotopic (exact) mass is 653 g/mol. The molecule has 2 aromatic rings. The average Bonchev–Trinajstić information content (AvgIpc) is 3.54. The summed E-state index contributed by atoms with van der Waals surface area (Å²) in [4.78, 5) is 33.4. The number of carbonyl (C=O) groups is 2. The Morgan fingerprint density at radius 2 is 1.76 bits per heavy atom. The number of carbonyl (C=O) groups excluding carboxylic acids is 2. The Bertz CT molecular complexity index is 1520. The minimum atomic E-state index is -1.46. The van der Waals surface area contributed by atoms with Crippen molar-refractivity contribution in [2.24, 2.45) is 0 Å². The Morgan fingerprint density at radius 3 is 2.39 bits per heavy atom. The third kappa shape index (κ3) is 8.25. The summed E-state index contributed by atoms with van der Waals surface area (Å²) in [5, 5.41) is 9.50. The highest BCUT2D eigenvalue weighted by Crippen LogP contribution is 2.43. The van der Waals surface area contributed by atoms with E-state index in [2.05, 4.69) is 15.9 Å². The molecule has 1 unspecified atom stereocenters. The third-order valence-electron chi connectivity index (χ3n) is 8.38. The summed E-state index contributed by atoms with van der Waals surface area (Å²) in [5.74, 6) is -2.15. The van der Waals surface area contributed by atoms with Crippen molar-refractivity contribution in [3.05, 3.63) is 75.7 Å². The summed E-state index contributed by atoms with van der Waals surface area (Å²) >= 11 is 6.99. The van der Waals surface area contributed by atoms with Crippen LogP contribution in [0.1, 0.15) is 56.0 Å². The summed E-state index contributed by atoms with van der Waals surface area (Å²) in [7, 11) is 1.59. The van der Waals surface area contributed by atoms with Gasteiger partial charge in [0.2, 0.25) is 0 Å². The van der Waals surface area contributed by atoms with Gasteiger partial charge in [0.15, 0.2) is 5.78 Å². The van der Waals surface area contributed by atoms with Gasteiger partial charge in [0.1, 0.15) is 24.5 Å². The number of allylic oxidation sites excluding steroid dienone is 3. The second kappa shape index (κ2) is 16.1. The summed E-state index contributed by atoms with van der Waals surface area (Å²) in [5.41, 5.74) is 2.71. The number of Topliss-reactive ketones (excluding diaryl/α,β-unsaturated/α-hetero) is 1. The zero-order valence-electron chi connectivity index (χ0n) is 27.0. The number of hydrogen-bond acceptors (Lipinski definition) is 8.